The topological polar surface area (TPSA) is 291 Å². The van der Waals surface area contributed by atoms with Gasteiger partial charge in [-0.05, 0) is 32.1 Å². The summed E-state index contributed by atoms with van der Waals surface area (Å²) in [4.78, 5) is 79.7. The van der Waals surface area contributed by atoms with Gasteiger partial charge in [0.05, 0.1) is 17.6 Å². The molecule has 2 fully saturated rings. The first-order chi connectivity index (χ1) is 23.3. The number of aromatic nitrogens is 4. The Balaban J connectivity index is 0.943. The van der Waals surface area contributed by atoms with Crippen molar-refractivity contribution in [2.24, 2.45) is 9.98 Å². The van der Waals surface area contributed by atoms with Crippen LogP contribution in [0.1, 0.15) is 65.9 Å². The zero-order valence-corrected chi connectivity index (χ0v) is 27.8. The summed E-state index contributed by atoms with van der Waals surface area (Å²) < 4.78 is 0. The first-order valence-corrected chi connectivity index (χ1v) is 16.3. The Morgan fingerprint density at radius 1 is 0.714 bits per heavy atom. The number of rotatable bonds is 4. The average molecular weight is 717 g/mol. The van der Waals surface area contributed by atoms with Crippen LogP contribution < -0.4 is 38.9 Å². The molecule has 4 aliphatic rings. The summed E-state index contributed by atoms with van der Waals surface area (Å²) in [6.45, 7) is 2.14. The van der Waals surface area contributed by atoms with Crippen LogP contribution in [0.25, 0.3) is 0 Å². The molecule has 0 radical (unpaired) electrons. The average Bonchev–Trinajstić information content (AvgIpc) is 3.64. The van der Waals surface area contributed by atoms with Crippen LogP contribution in [0, 0.1) is 0 Å². The highest BCUT2D eigenvalue weighted by molar-refractivity contribution is 6.32. The van der Waals surface area contributed by atoms with Gasteiger partial charge < -0.3 is 43.4 Å². The molecule has 4 amide bonds. The van der Waals surface area contributed by atoms with E-state index in [0.29, 0.717) is 77.1 Å². The van der Waals surface area contributed by atoms with Gasteiger partial charge in [-0.1, -0.05) is 23.2 Å². The highest BCUT2D eigenvalue weighted by Gasteiger charge is 2.42. The standard InChI is InChI=1S/C28H35Cl2N15O4/c29-18-22(33)39-20(31)16(37-18)24(48)36-13-1-2-27(42-13)3-7-44(8-4-27)14(46)11-15(47)45-9-5-28(6-10-45)12-35-26(43-28)41-25(49)17-21(32)40-23(34)19(30)38-17/h1-12H2,(H4,31,33,39)(H4,32,34,40)(H,36,42,48)(H2,35,41,43,49). The van der Waals surface area contributed by atoms with Crippen molar-refractivity contribution in [1.82, 2.24) is 45.7 Å². The minimum atomic E-state index is -0.641. The fourth-order valence-corrected chi connectivity index (χ4v) is 6.65. The number of guanidine groups is 1. The van der Waals surface area contributed by atoms with E-state index in [1.54, 1.807) is 9.80 Å². The smallest absolute Gasteiger partial charge is 0.280 e. The summed E-state index contributed by atoms with van der Waals surface area (Å²) in [6.07, 6.45) is 3.36. The second kappa shape index (κ2) is 13.1. The molecular weight excluding hydrogens is 681 g/mol. The highest BCUT2D eigenvalue weighted by atomic mass is 35.5. The van der Waals surface area contributed by atoms with Crippen molar-refractivity contribution < 1.29 is 19.2 Å². The molecule has 0 saturated carbocycles. The SMILES string of the molecule is Nc1nc(N)c(C(=O)NC2=NC3(CC2)CCN(C(=O)CC(=O)N2CCC4(CC2)CN=C(NC(=O)c2nc(Cl)c(N)nc2N)N4)CC3)nc1Cl. The van der Waals surface area contributed by atoms with Crippen molar-refractivity contribution in [2.75, 3.05) is 55.7 Å². The number of hydrogen-bond donors (Lipinski definition) is 7. The lowest BCUT2D eigenvalue weighted by Crippen LogP contribution is -2.57. The molecule has 0 atom stereocenters. The molecular formula is C28H35Cl2N15O4. The van der Waals surface area contributed by atoms with E-state index >= 15 is 0 Å². The molecule has 4 aliphatic heterocycles. The second-order valence-corrected chi connectivity index (χ2v) is 13.2. The lowest BCUT2D eigenvalue weighted by atomic mass is 9.86. The Hall–Kier alpha value is -5.04. The van der Waals surface area contributed by atoms with Gasteiger partial charge in [-0.3, -0.25) is 34.5 Å². The van der Waals surface area contributed by atoms with Gasteiger partial charge in [0.1, 0.15) is 12.3 Å². The maximum Gasteiger partial charge on any atom is 0.280 e. The number of likely N-dealkylation sites (tertiary alicyclic amines) is 2. The summed E-state index contributed by atoms with van der Waals surface area (Å²) in [5.74, 6) is -1.39. The van der Waals surface area contributed by atoms with Crippen molar-refractivity contribution in [1.29, 1.82) is 0 Å². The van der Waals surface area contributed by atoms with Crippen LogP contribution in [0.3, 0.4) is 0 Å². The van der Waals surface area contributed by atoms with Gasteiger partial charge in [-0.15, -0.1) is 0 Å². The number of carbonyl (C=O) groups is 4. The molecule has 2 spiro atoms. The van der Waals surface area contributed by atoms with E-state index in [1.807, 2.05) is 0 Å². The van der Waals surface area contributed by atoms with Crippen LogP contribution in [0.4, 0.5) is 23.3 Å². The van der Waals surface area contributed by atoms with E-state index in [0.717, 1.165) is 0 Å². The molecule has 11 N–H and O–H groups in total. The molecule has 49 heavy (non-hydrogen) atoms. The maximum absolute atomic E-state index is 13.1. The van der Waals surface area contributed by atoms with Gasteiger partial charge >= 0.3 is 0 Å². The number of nitrogen functional groups attached to an aromatic ring is 4. The van der Waals surface area contributed by atoms with Crippen LogP contribution in [0.2, 0.25) is 10.3 Å². The van der Waals surface area contributed by atoms with Crippen LogP contribution >= 0.6 is 23.2 Å². The zero-order chi connectivity index (χ0) is 35.1. The molecule has 6 heterocycles. The van der Waals surface area contributed by atoms with Crippen molar-refractivity contribution in [2.45, 2.75) is 56.0 Å². The summed E-state index contributed by atoms with van der Waals surface area (Å²) >= 11 is 11.8. The normalized spacial score (nSPS) is 19.3. The lowest BCUT2D eigenvalue weighted by Gasteiger charge is -2.40. The molecule has 0 aliphatic carbocycles. The van der Waals surface area contributed by atoms with E-state index < -0.39 is 22.9 Å². The summed E-state index contributed by atoms with van der Waals surface area (Å²) in [5, 5.41) is 8.38. The third-order valence-electron chi connectivity index (χ3n) is 9.27. The van der Waals surface area contributed by atoms with E-state index in [4.69, 9.17) is 51.1 Å². The Kier molecular flexibility index (Phi) is 9.05. The minimum absolute atomic E-state index is 0.0689. The molecule has 19 nitrogen and oxygen atoms in total. The Morgan fingerprint density at radius 3 is 1.78 bits per heavy atom. The van der Waals surface area contributed by atoms with Crippen LogP contribution in [-0.2, 0) is 9.59 Å². The van der Waals surface area contributed by atoms with E-state index in [9.17, 15) is 19.2 Å². The molecule has 6 rings (SSSR count). The number of aliphatic imine (C=N–C) groups is 2. The van der Waals surface area contributed by atoms with Crippen molar-refractivity contribution in [3.8, 4) is 0 Å². The number of carbonyl (C=O) groups excluding carboxylic acids is 4. The zero-order valence-electron chi connectivity index (χ0n) is 26.3. The maximum atomic E-state index is 13.1. The number of halogens is 2. The van der Waals surface area contributed by atoms with Crippen molar-refractivity contribution >= 4 is 81.9 Å². The van der Waals surface area contributed by atoms with Crippen molar-refractivity contribution in [3.05, 3.63) is 21.7 Å². The van der Waals surface area contributed by atoms with Gasteiger partial charge in [0.2, 0.25) is 11.8 Å². The summed E-state index contributed by atoms with van der Waals surface area (Å²) in [5.41, 5.74) is 21.6. The number of anilines is 4. The van der Waals surface area contributed by atoms with Gasteiger partial charge in [-0.25, -0.2) is 19.9 Å². The first-order valence-electron chi connectivity index (χ1n) is 15.5. The number of amides is 4. The quantitative estimate of drug-likeness (QED) is 0.193. The summed E-state index contributed by atoms with van der Waals surface area (Å²) in [6, 6.07) is 0. The third kappa shape index (κ3) is 7.07. The molecule has 0 unspecified atom stereocenters. The molecule has 21 heteroatoms. The van der Waals surface area contributed by atoms with Crippen LogP contribution in [0.15, 0.2) is 9.98 Å². The van der Waals surface area contributed by atoms with Crippen LogP contribution in [-0.4, -0.2) is 109 Å². The Labute approximate surface area is 289 Å². The predicted molar refractivity (Wildman–Crippen MR) is 180 cm³/mol. The van der Waals surface area contributed by atoms with Gasteiger partial charge in [-0.2, -0.15) is 0 Å². The lowest BCUT2D eigenvalue weighted by molar-refractivity contribution is -0.142. The van der Waals surface area contributed by atoms with E-state index in [-0.39, 0.29) is 69.2 Å². The number of nitrogens with one attached hydrogen (secondary N) is 3. The molecule has 0 aromatic carbocycles. The number of amidine groups is 1. The third-order valence-corrected chi connectivity index (χ3v) is 9.83. The first kappa shape index (κ1) is 33.8. The molecule has 260 valence electrons. The Morgan fingerprint density at radius 2 is 1.22 bits per heavy atom. The fourth-order valence-electron chi connectivity index (χ4n) is 6.40. The number of nitrogens with two attached hydrogens (primary N) is 4. The van der Waals surface area contributed by atoms with Crippen molar-refractivity contribution in [3.63, 3.8) is 0 Å². The Bertz CT molecular complexity index is 1790. The predicted octanol–water partition coefficient (Wildman–Crippen LogP) is -0.674. The molecule has 2 aromatic rings. The highest BCUT2D eigenvalue weighted by Crippen LogP contribution is 2.36. The van der Waals surface area contributed by atoms with Gasteiger partial charge in [0, 0.05) is 32.6 Å². The molecule has 2 saturated heterocycles. The number of piperidine rings is 2. The van der Waals surface area contributed by atoms with E-state index in [1.165, 1.54) is 0 Å². The minimum Gasteiger partial charge on any atom is -0.382 e. The second-order valence-electron chi connectivity index (χ2n) is 12.5. The van der Waals surface area contributed by atoms with E-state index in [2.05, 4.69) is 40.9 Å². The molecule has 0 bridgehead atoms. The number of nitrogens with zero attached hydrogens (tertiary/aromatic N) is 8. The summed E-state index contributed by atoms with van der Waals surface area (Å²) in [7, 11) is 0. The van der Waals surface area contributed by atoms with Crippen LogP contribution in [0.5, 0.6) is 0 Å². The van der Waals surface area contributed by atoms with Gasteiger partial charge in [0.25, 0.3) is 11.8 Å². The monoisotopic (exact) mass is 715 g/mol. The largest absolute Gasteiger partial charge is 0.382 e. The van der Waals surface area contributed by atoms with Gasteiger partial charge in [0.15, 0.2) is 50.9 Å². The molecule has 2 aromatic heterocycles. The number of hydrogen-bond acceptors (Lipinski definition) is 15. The fraction of sp³-hybridized carbons (Fsp3) is 0.500.